The maximum Gasteiger partial charge on any atom is 0.131 e. The molecule has 2 heteroatoms. The molecule has 0 unspecified atom stereocenters. The van der Waals surface area contributed by atoms with Crippen molar-refractivity contribution in [1.82, 2.24) is 0 Å². The molecule has 0 aromatic heterocycles. The van der Waals surface area contributed by atoms with Gasteiger partial charge in [-0.25, -0.2) is 0 Å². The van der Waals surface area contributed by atoms with Crippen LogP contribution < -0.4 is 4.74 Å². The van der Waals surface area contributed by atoms with E-state index in [1.54, 1.807) is 0 Å². The molecule has 0 saturated heterocycles. The summed E-state index contributed by atoms with van der Waals surface area (Å²) in [7, 11) is 0. The first-order valence-corrected chi connectivity index (χ1v) is 7.97. The SMILES string of the molecule is Cc1cc(Oc2ccccc2C(C)(C)C)ccc1CBr. The Balaban J connectivity index is 2.33. The molecule has 2 aromatic rings. The minimum absolute atomic E-state index is 0.0709. The summed E-state index contributed by atoms with van der Waals surface area (Å²) in [5.74, 6) is 1.83. The highest BCUT2D eigenvalue weighted by Crippen LogP contribution is 2.34. The van der Waals surface area contributed by atoms with Gasteiger partial charge in [0.25, 0.3) is 0 Å². The molecule has 0 aliphatic rings. The van der Waals surface area contributed by atoms with Gasteiger partial charge in [-0.3, -0.25) is 0 Å². The van der Waals surface area contributed by atoms with Gasteiger partial charge in [0.1, 0.15) is 11.5 Å². The lowest BCUT2D eigenvalue weighted by molar-refractivity contribution is 0.455. The summed E-state index contributed by atoms with van der Waals surface area (Å²) >= 11 is 3.50. The van der Waals surface area contributed by atoms with Crippen LogP contribution in [-0.2, 0) is 10.7 Å². The lowest BCUT2D eigenvalue weighted by Crippen LogP contribution is -2.12. The largest absolute Gasteiger partial charge is 0.457 e. The summed E-state index contributed by atoms with van der Waals surface area (Å²) in [6.07, 6.45) is 0. The summed E-state index contributed by atoms with van der Waals surface area (Å²) in [6.45, 7) is 8.72. The highest BCUT2D eigenvalue weighted by Gasteiger charge is 2.18. The van der Waals surface area contributed by atoms with Crippen LogP contribution in [0.4, 0.5) is 0 Å². The molecule has 0 aliphatic carbocycles. The third-order valence-electron chi connectivity index (χ3n) is 3.38. The molecule has 0 bridgehead atoms. The zero-order chi connectivity index (χ0) is 14.8. The molecule has 0 saturated carbocycles. The Morgan fingerprint density at radius 1 is 1.05 bits per heavy atom. The molecule has 2 aromatic carbocycles. The van der Waals surface area contributed by atoms with Crippen molar-refractivity contribution in [3.63, 3.8) is 0 Å². The van der Waals surface area contributed by atoms with E-state index in [-0.39, 0.29) is 5.41 Å². The number of aryl methyl sites for hydroxylation is 1. The number of rotatable bonds is 3. The Labute approximate surface area is 130 Å². The van der Waals surface area contributed by atoms with Crippen LogP contribution >= 0.6 is 15.9 Å². The highest BCUT2D eigenvalue weighted by molar-refractivity contribution is 9.08. The van der Waals surface area contributed by atoms with Crippen LogP contribution in [0.5, 0.6) is 11.5 Å². The van der Waals surface area contributed by atoms with E-state index in [2.05, 4.69) is 67.9 Å². The Kier molecular flexibility index (Phi) is 4.54. The number of ether oxygens (including phenoxy) is 1. The molecular weight excluding hydrogens is 312 g/mol. The molecule has 2 rings (SSSR count). The zero-order valence-electron chi connectivity index (χ0n) is 12.5. The number of alkyl halides is 1. The molecule has 106 valence electrons. The van der Waals surface area contributed by atoms with E-state index < -0.39 is 0 Å². The van der Waals surface area contributed by atoms with Gasteiger partial charge in [-0.05, 0) is 41.7 Å². The average Bonchev–Trinajstić information content (AvgIpc) is 2.38. The van der Waals surface area contributed by atoms with E-state index in [1.165, 1.54) is 16.7 Å². The van der Waals surface area contributed by atoms with Gasteiger partial charge in [-0.1, -0.05) is 61.0 Å². The Morgan fingerprint density at radius 2 is 1.75 bits per heavy atom. The van der Waals surface area contributed by atoms with Crippen LogP contribution in [-0.4, -0.2) is 0 Å². The Hall–Kier alpha value is -1.28. The summed E-state index contributed by atoms with van der Waals surface area (Å²) in [5.41, 5.74) is 3.83. The van der Waals surface area contributed by atoms with E-state index in [0.29, 0.717) is 0 Å². The molecular formula is C18H21BrO. The standard InChI is InChI=1S/C18H21BrO/c1-13-11-15(10-9-14(13)12-19)20-17-8-6-5-7-16(17)18(2,3)4/h5-11H,12H2,1-4H3. The van der Waals surface area contributed by atoms with Crippen LogP contribution in [0.15, 0.2) is 42.5 Å². The van der Waals surface area contributed by atoms with Gasteiger partial charge < -0.3 is 4.74 Å². The number of halogens is 1. The summed E-state index contributed by atoms with van der Waals surface area (Å²) in [4.78, 5) is 0. The van der Waals surface area contributed by atoms with E-state index in [0.717, 1.165) is 16.8 Å². The van der Waals surface area contributed by atoms with Crippen molar-refractivity contribution < 1.29 is 4.74 Å². The number of hydrogen-bond donors (Lipinski definition) is 0. The van der Waals surface area contributed by atoms with Crippen LogP contribution in [0.2, 0.25) is 0 Å². The molecule has 0 spiro atoms. The molecule has 0 heterocycles. The van der Waals surface area contributed by atoms with Crippen LogP contribution in [0.25, 0.3) is 0 Å². The van der Waals surface area contributed by atoms with Gasteiger partial charge in [0.05, 0.1) is 0 Å². The lowest BCUT2D eigenvalue weighted by atomic mass is 9.86. The van der Waals surface area contributed by atoms with Crippen molar-refractivity contribution in [1.29, 1.82) is 0 Å². The monoisotopic (exact) mass is 332 g/mol. The number of benzene rings is 2. The average molecular weight is 333 g/mol. The van der Waals surface area contributed by atoms with Crippen molar-refractivity contribution in [2.45, 2.75) is 38.4 Å². The molecule has 1 nitrogen and oxygen atoms in total. The summed E-state index contributed by atoms with van der Waals surface area (Å²) < 4.78 is 6.10. The predicted molar refractivity (Wildman–Crippen MR) is 89.0 cm³/mol. The van der Waals surface area contributed by atoms with E-state index in [4.69, 9.17) is 4.74 Å². The quantitative estimate of drug-likeness (QED) is 0.628. The van der Waals surface area contributed by atoms with Gasteiger partial charge in [-0.2, -0.15) is 0 Å². The number of hydrogen-bond acceptors (Lipinski definition) is 1. The first kappa shape index (κ1) is 15.1. The van der Waals surface area contributed by atoms with Gasteiger partial charge in [-0.15, -0.1) is 0 Å². The molecule has 0 radical (unpaired) electrons. The summed E-state index contributed by atoms with van der Waals surface area (Å²) in [6, 6.07) is 14.5. The van der Waals surface area contributed by atoms with Gasteiger partial charge in [0, 0.05) is 10.9 Å². The lowest BCUT2D eigenvalue weighted by Gasteiger charge is -2.22. The maximum absolute atomic E-state index is 6.10. The van der Waals surface area contributed by atoms with Gasteiger partial charge in [0.15, 0.2) is 0 Å². The third-order valence-corrected chi connectivity index (χ3v) is 3.99. The first-order chi connectivity index (χ1) is 9.41. The zero-order valence-corrected chi connectivity index (χ0v) is 14.1. The smallest absolute Gasteiger partial charge is 0.131 e. The van der Waals surface area contributed by atoms with Crippen LogP contribution in [0.1, 0.15) is 37.5 Å². The Morgan fingerprint density at radius 3 is 2.35 bits per heavy atom. The number of para-hydroxylation sites is 1. The summed E-state index contributed by atoms with van der Waals surface area (Å²) in [5, 5.41) is 0.873. The maximum atomic E-state index is 6.10. The van der Waals surface area contributed by atoms with Crippen molar-refractivity contribution >= 4 is 15.9 Å². The second-order valence-corrected chi connectivity index (χ2v) is 6.63. The first-order valence-electron chi connectivity index (χ1n) is 6.84. The van der Waals surface area contributed by atoms with E-state index in [9.17, 15) is 0 Å². The minimum atomic E-state index is 0.0709. The second kappa shape index (κ2) is 6.01. The Bertz CT molecular complexity index is 597. The minimum Gasteiger partial charge on any atom is -0.457 e. The molecule has 20 heavy (non-hydrogen) atoms. The van der Waals surface area contributed by atoms with Crippen LogP contribution in [0, 0.1) is 6.92 Å². The molecule has 0 amide bonds. The molecule has 0 fully saturated rings. The fourth-order valence-corrected chi connectivity index (χ4v) is 2.81. The predicted octanol–water partition coefficient (Wildman–Crippen LogP) is 5.98. The van der Waals surface area contributed by atoms with Crippen molar-refractivity contribution in [3.05, 3.63) is 59.2 Å². The van der Waals surface area contributed by atoms with Crippen molar-refractivity contribution in [3.8, 4) is 11.5 Å². The fourth-order valence-electron chi connectivity index (χ4n) is 2.18. The topological polar surface area (TPSA) is 9.23 Å². The van der Waals surface area contributed by atoms with Crippen molar-refractivity contribution in [2.24, 2.45) is 0 Å². The third kappa shape index (κ3) is 3.43. The van der Waals surface area contributed by atoms with E-state index in [1.807, 2.05) is 18.2 Å². The van der Waals surface area contributed by atoms with Crippen molar-refractivity contribution in [2.75, 3.05) is 0 Å². The van der Waals surface area contributed by atoms with Gasteiger partial charge >= 0.3 is 0 Å². The van der Waals surface area contributed by atoms with Gasteiger partial charge in [0.2, 0.25) is 0 Å². The molecule has 0 aliphatic heterocycles. The fraction of sp³-hybridized carbons (Fsp3) is 0.333. The molecule has 0 atom stereocenters. The normalized spacial score (nSPS) is 11.4. The second-order valence-electron chi connectivity index (χ2n) is 6.07. The van der Waals surface area contributed by atoms with Crippen LogP contribution in [0.3, 0.4) is 0 Å². The van der Waals surface area contributed by atoms with E-state index >= 15 is 0 Å². The highest BCUT2D eigenvalue weighted by atomic mass is 79.9. The molecule has 0 N–H and O–H groups in total.